The minimum atomic E-state index is -0.625. The first-order valence-electron chi connectivity index (χ1n) is 2.66. The molecular formula is C5H12ClFN2. The first-order valence-corrected chi connectivity index (χ1v) is 2.66. The third-order valence-corrected chi connectivity index (χ3v) is 0.675. The maximum Gasteiger partial charge on any atom is 0.146 e. The second kappa shape index (κ2) is 7.69. The average molecular weight is 155 g/mol. The normalized spacial score (nSPS) is 10.7. The Morgan fingerprint density at radius 1 is 1.67 bits per heavy atom. The molecule has 0 aliphatic carbocycles. The van der Waals surface area contributed by atoms with Crippen LogP contribution in [0.15, 0.2) is 4.99 Å². The average Bonchev–Trinajstić information content (AvgIpc) is 1.83. The van der Waals surface area contributed by atoms with Crippen molar-refractivity contribution in [1.29, 1.82) is 0 Å². The molecule has 0 unspecified atom stereocenters. The van der Waals surface area contributed by atoms with Crippen molar-refractivity contribution in [2.45, 2.75) is 13.3 Å². The summed E-state index contributed by atoms with van der Waals surface area (Å²) in [6, 6.07) is 0. The molecule has 0 spiro atoms. The second-order valence-corrected chi connectivity index (χ2v) is 1.51. The van der Waals surface area contributed by atoms with Crippen molar-refractivity contribution >= 4 is 18.2 Å². The number of nitrogens with two attached hydrogens (primary N) is 1. The monoisotopic (exact) mass is 154 g/mol. The van der Waals surface area contributed by atoms with E-state index in [-0.39, 0.29) is 18.2 Å². The van der Waals surface area contributed by atoms with E-state index >= 15 is 0 Å². The van der Waals surface area contributed by atoms with E-state index in [9.17, 15) is 4.39 Å². The third kappa shape index (κ3) is 7.69. The second-order valence-electron chi connectivity index (χ2n) is 1.51. The van der Waals surface area contributed by atoms with Crippen LogP contribution in [-0.2, 0) is 0 Å². The van der Waals surface area contributed by atoms with Crippen LogP contribution >= 0.6 is 12.4 Å². The van der Waals surface area contributed by atoms with Gasteiger partial charge in [0.05, 0.1) is 0 Å². The highest BCUT2D eigenvalue weighted by Gasteiger charge is 1.84. The molecule has 56 valence electrons. The quantitative estimate of drug-likeness (QED) is 0.481. The summed E-state index contributed by atoms with van der Waals surface area (Å²) in [4.78, 5) is 3.68. The zero-order valence-corrected chi connectivity index (χ0v) is 6.25. The number of hydrogen-bond acceptors (Lipinski definition) is 1. The summed E-state index contributed by atoms with van der Waals surface area (Å²) >= 11 is 0. The van der Waals surface area contributed by atoms with Crippen LogP contribution in [0.2, 0.25) is 0 Å². The highest BCUT2D eigenvalue weighted by atomic mass is 35.5. The van der Waals surface area contributed by atoms with E-state index in [0.717, 1.165) is 6.42 Å². The standard InChI is InChI=1S/C5H11FN2.ClH/c1-2-3-8-5(7)4-6;/h2-4H2,1H3,(H2,7,8);1H. The number of rotatable bonds is 3. The fourth-order valence-electron chi connectivity index (χ4n) is 0.298. The highest BCUT2D eigenvalue weighted by Crippen LogP contribution is 1.77. The third-order valence-electron chi connectivity index (χ3n) is 0.675. The van der Waals surface area contributed by atoms with E-state index in [1.54, 1.807) is 0 Å². The van der Waals surface area contributed by atoms with Crippen molar-refractivity contribution in [1.82, 2.24) is 0 Å². The molecule has 0 aliphatic rings. The van der Waals surface area contributed by atoms with Crippen molar-refractivity contribution in [2.24, 2.45) is 10.7 Å². The van der Waals surface area contributed by atoms with Gasteiger partial charge in [0.2, 0.25) is 0 Å². The summed E-state index contributed by atoms with van der Waals surface area (Å²) in [7, 11) is 0. The van der Waals surface area contributed by atoms with Gasteiger partial charge in [-0.25, -0.2) is 4.39 Å². The van der Waals surface area contributed by atoms with Crippen LogP contribution < -0.4 is 5.73 Å². The number of amidine groups is 1. The van der Waals surface area contributed by atoms with Crippen molar-refractivity contribution in [3.63, 3.8) is 0 Å². The molecule has 0 aromatic carbocycles. The molecule has 0 atom stereocenters. The van der Waals surface area contributed by atoms with E-state index in [1.807, 2.05) is 6.92 Å². The van der Waals surface area contributed by atoms with Gasteiger partial charge in [-0.15, -0.1) is 12.4 Å². The Balaban J connectivity index is 0. The van der Waals surface area contributed by atoms with Crippen molar-refractivity contribution in [2.75, 3.05) is 13.2 Å². The molecule has 0 saturated carbocycles. The van der Waals surface area contributed by atoms with E-state index in [2.05, 4.69) is 4.99 Å². The highest BCUT2D eigenvalue weighted by molar-refractivity contribution is 5.85. The molecule has 0 rings (SSSR count). The Morgan fingerprint density at radius 2 is 2.22 bits per heavy atom. The Labute approximate surface area is 60.8 Å². The van der Waals surface area contributed by atoms with Gasteiger partial charge < -0.3 is 5.73 Å². The zero-order valence-electron chi connectivity index (χ0n) is 5.43. The van der Waals surface area contributed by atoms with Gasteiger partial charge in [-0.1, -0.05) is 6.92 Å². The molecule has 0 aromatic rings. The maximum atomic E-state index is 11.5. The lowest BCUT2D eigenvalue weighted by atomic mass is 10.5. The molecule has 4 heteroatoms. The van der Waals surface area contributed by atoms with Crippen LogP contribution in [-0.4, -0.2) is 19.1 Å². The first-order chi connectivity index (χ1) is 3.81. The van der Waals surface area contributed by atoms with Gasteiger partial charge in [-0.05, 0) is 6.42 Å². The van der Waals surface area contributed by atoms with Crippen LogP contribution in [0, 0.1) is 0 Å². The van der Waals surface area contributed by atoms with Gasteiger partial charge in [-0.2, -0.15) is 0 Å². The molecule has 0 aromatic heterocycles. The Hall–Kier alpha value is -0.310. The largest absolute Gasteiger partial charge is 0.385 e. The van der Waals surface area contributed by atoms with Gasteiger partial charge in [0.25, 0.3) is 0 Å². The van der Waals surface area contributed by atoms with E-state index in [1.165, 1.54) is 0 Å². The minimum absolute atomic E-state index is 0. The minimum Gasteiger partial charge on any atom is -0.385 e. The molecule has 0 radical (unpaired) electrons. The summed E-state index contributed by atoms with van der Waals surface area (Å²) < 4.78 is 11.5. The Kier molecular flexibility index (Phi) is 9.81. The molecule has 2 N–H and O–H groups in total. The predicted molar refractivity (Wildman–Crippen MR) is 40.0 cm³/mol. The van der Waals surface area contributed by atoms with Gasteiger partial charge in [0.1, 0.15) is 12.5 Å². The predicted octanol–water partition coefficient (Wildman–Crippen LogP) is 1.14. The van der Waals surface area contributed by atoms with Crippen LogP contribution in [0.1, 0.15) is 13.3 Å². The zero-order chi connectivity index (χ0) is 6.41. The lowest BCUT2D eigenvalue weighted by molar-refractivity contribution is 0.577. The SMILES string of the molecule is CCCN=C(N)CF.Cl. The van der Waals surface area contributed by atoms with Crippen LogP contribution in [0.5, 0.6) is 0 Å². The topological polar surface area (TPSA) is 38.4 Å². The molecule has 0 heterocycles. The summed E-state index contributed by atoms with van der Waals surface area (Å²) in [5.74, 6) is 0.104. The summed E-state index contributed by atoms with van der Waals surface area (Å²) in [5.41, 5.74) is 5.03. The van der Waals surface area contributed by atoms with Crippen molar-refractivity contribution in [3.8, 4) is 0 Å². The maximum absolute atomic E-state index is 11.5. The number of aliphatic imine (C=N–C) groups is 1. The summed E-state index contributed by atoms with van der Waals surface area (Å²) in [6.45, 7) is 1.98. The number of alkyl halides is 1. The number of hydrogen-bond donors (Lipinski definition) is 1. The summed E-state index contributed by atoms with van der Waals surface area (Å²) in [5, 5.41) is 0. The van der Waals surface area contributed by atoms with Gasteiger partial charge in [0, 0.05) is 6.54 Å². The molecule has 0 fully saturated rings. The first kappa shape index (κ1) is 11.5. The van der Waals surface area contributed by atoms with Gasteiger partial charge >= 0.3 is 0 Å². The molecular weight excluding hydrogens is 143 g/mol. The Morgan fingerprint density at radius 3 is 2.56 bits per heavy atom. The smallest absolute Gasteiger partial charge is 0.146 e. The molecule has 0 bridgehead atoms. The van der Waals surface area contributed by atoms with Crippen molar-refractivity contribution in [3.05, 3.63) is 0 Å². The molecule has 0 amide bonds. The van der Waals surface area contributed by atoms with Crippen molar-refractivity contribution < 1.29 is 4.39 Å². The Bertz CT molecular complexity index is 85.0. The molecule has 2 nitrogen and oxygen atoms in total. The van der Waals surface area contributed by atoms with E-state index in [4.69, 9.17) is 5.73 Å². The summed E-state index contributed by atoms with van der Waals surface area (Å²) in [6.07, 6.45) is 0.917. The molecule has 0 aliphatic heterocycles. The number of nitrogens with zero attached hydrogens (tertiary/aromatic N) is 1. The molecule has 0 saturated heterocycles. The van der Waals surface area contributed by atoms with Gasteiger partial charge in [0.15, 0.2) is 0 Å². The van der Waals surface area contributed by atoms with Crippen LogP contribution in [0.4, 0.5) is 4.39 Å². The van der Waals surface area contributed by atoms with Crippen LogP contribution in [0.3, 0.4) is 0 Å². The lowest BCUT2D eigenvalue weighted by Crippen LogP contribution is -2.13. The number of halogens is 2. The fraction of sp³-hybridized carbons (Fsp3) is 0.800. The van der Waals surface area contributed by atoms with Gasteiger partial charge in [-0.3, -0.25) is 4.99 Å². The van der Waals surface area contributed by atoms with E-state index < -0.39 is 6.67 Å². The molecule has 9 heavy (non-hydrogen) atoms. The van der Waals surface area contributed by atoms with Crippen LogP contribution in [0.25, 0.3) is 0 Å². The van der Waals surface area contributed by atoms with E-state index in [0.29, 0.717) is 6.54 Å². The fourth-order valence-corrected chi connectivity index (χ4v) is 0.298. The lowest BCUT2D eigenvalue weighted by Gasteiger charge is -1.89.